The van der Waals surface area contributed by atoms with Gasteiger partial charge in [0.1, 0.15) is 5.70 Å². The second-order valence-corrected chi connectivity index (χ2v) is 7.15. The lowest BCUT2D eigenvalue weighted by Crippen LogP contribution is -3.00. The van der Waals surface area contributed by atoms with Crippen LogP contribution >= 0.6 is 0 Å². The monoisotopic (exact) mass is 396 g/mol. The minimum atomic E-state index is 0. The quantitative estimate of drug-likeness (QED) is 0.471. The lowest BCUT2D eigenvalue weighted by molar-refractivity contribution is -0.503. The molecule has 4 nitrogen and oxygen atoms in total. The van der Waals surface area contributed by atoms with Gasteiger partial charge in [0.25, 0.3) is 0 Å². The zero-order valence-corrected chi connectivity index (χ0v) is 17.5. The molecule has 0 saturated heterocycles. The molecule has 0 radical (unpaired) electrons. The molecular formula is C23H29ClN4. The van der Waals surface area contributed by atoms with Crippen molar-refractivity contribution in [3.63, 3.8) is 0 Å². The first-order valence-electron chi connectivity index (χ1n) is 9.73. The summed E-state index contributed by atoms with van der Waals surface area (Å²) in [4.78, 5) is 3.51. The summed E-state index contributed by atoms with van der Waals surface area (Å²) in [7, 11) is 0. The van der Waals surface area contributed by atoms with Gasteiger partial charge in [-0.05, 0) is 24.0 Å². The summed E-state index contributed by atoms with van der Waals surface area (Å²) in [6.07, 6.45) is 4.23. The molecule has 28 heavy (non-hydrogen) atoms. The normalized spacial score (nSPS) is 16.6. The summed E-state index contributed by atoms with van der Waals surface area (Å²) in [5.74, 6) is 1.29. The van der Waals surface area contributed by atoms with Crippen molar-refractivity contribution in [3.05, 3.63) is 77.9 Å². The Labute approximate surface area is 174 Å². The lowest BCUT2D eigenvalue weighted by Gasteiger charge is -2.20. The van der Waals surface area contributed by atoms with Gasteiger partial charge in [-0.2, -0.15) is 5.43 Å². The lowest BCUT2D eigenvalue weighted by atomic mass is 10.0. The number of hydrogen-bond donors (Lipinski definition) is 3. The molecule has 0 bridgehead atoms. The van der Waals surface area contributed by atoms with Gasteiger partial charge in [-0.3, -0.25) is 4.99 Å². The van der Waals surface area contributed by atoms with Gasteiger partial charge in [0.05, 0.1) is 11.8 Å². The third kappa shape index (κ3) is 5.70. The number of hydrazone groups is 1. The summed E-state index contributed by atoms with van der Waals surface area (Å²) in [5, 5.41) is 8.16. The van der Waals surface area contributed by atoms with Gasteiger partial charge in [-0.25, -0.2) is 5.32 Å². The molecule has 2 aromatic carbocycles. The Bertz CT molecular complexity index is 826. The second kappa shape index (κ2) is 10.7. The van der Waals surface area contributed by atoms with E-state index in [1.54, 1.807) is 0 Å². The molecule has 0 saturated carbocycles. The van der Waals surface area contributed by atoms with Crippen LogP contribution in [0.1, 0.15) is 44.7 Å². The van der Waals surface area contributed by atoms with E-state index in [1.807, 2.05) is 12.1 Å². The molecule has 0 spiro atoms. The van der Waals surface area contributed by atoms with Gasteiger partial charge in [0.2, 0.25) is 0 Å². The third-order valence-corrected chi connectivity index (χ3v) is 4.62. The molecule has 1 unspecified atom stereocenters. The van der Waals surface area contributed by atoms with E-state index in [0.29, 0.717) is 5.92 Å². The third-order valence-electron chi connectivity index (χ3n) is 4.62. The highest BCUT2D eigenvalue weighted by Crippen LogP contribution is 2.14. The van der Waals surface area contributed by atoms with Gasteiger partial charge in [0, 0.05) is 5.56 Å². The standard InChI is InChI=1S/C23H28N4.ClH/c1-4-11-20(18-12-7-5-8-13-18)26-27-23-24-21(17(2)3)16-22(25-23)19-14-9-6-10-15-19;/h5-10,12-17,21H,4,11H2,1-3H3,(H2,24,25,27);1H/b26-20+;. The Hall–Kier alpha value is -2.59. The van der Waals surface area contributed by atoms with Crippen molar-refractivity contribution in [2.24, 2.45) is 11.0 Å². The Morgan fingerprint density at radius 3 is 2.32 bits per heavy atom. The van der Waals surface area contributed by atoms with Crippen LogP contribution in [0.5, 0.6) is 0 Å². The molecule has 0 aliphatic carbocycles. The van der Waals surface area contributed by atoms with Crippen molar-refractivity contribution in [2.45, 2.75) is 39.7 Å². The van der Waals surface area contributed by atoms with E-state index >= 15 is 0 Å². The second-order valence-electron chi connectivity index (χ2n) is 7.15. The van der Waals surface area contributed by atoms with Crippen molar-refractivity contribution in [1.82, 2.24) is 10.7 Å². The van der Waals surface area contributed by atoms with Crippen LogP contribution in [0.15, 0.2) is 71.8 Å². The molecule has 0 fully saturated rings. The van der Waals surface area contributed by atoms with Crippen molar-refractivity contribution < 1.29 is 17.4 Å². The number of nitrogens with zero attached hydrogens (tertiary/aromatic N) is 1. The molecule has 3 N–H and O–H groups in total. The molecule has 1 atom stereocenters. The van der Waals surface area contributed by atoms with Gasteiger partial charge < -0.3 is 12.4 Å². The molecule has 148 valence electrons. The van der Waals surface area contributed by atoms with E-state index in [1.165, 1.54) is 5.56 Å². The van der Waals surface area contributed by atoms with Crippen LogP contribution in [-0.2, 0) is 0 Å². The van der Waals surface area contributed by atoms with E-state index in [2.05, 4.69) is 91.1 Å². The van der Waals surface area contributed by atoms with Crippen molar-refractivity contribution in [2.75, 3.05) is 0 Å². The number of guanidine groups is 1. The van der Waals surface area contributed by atoms with Crippen LogP contribution in [0.2, 0.25) is 0 Å². The van der Waals surface area contributed by atoms with E-state index in [0.717, 1.165) is 35.8 Å². The fourth-order valence-electron chi connectivity index (χ4n) is 3.06. The van der Waals surface area contributed by atoms with Crippen LogP contribution in [0.4, 0.5) is 0 Å². The van der Waals surface area contributed by atoms with Crippen LogP contribution in [0, 0.1) is 5.92 Å². The minimum Gasteiger partial charge on any atom is -1.00 e. The molecule has 0 aromatic heterocycles. The summed E-state index contributed by atoms with van der Waals surface area (Å²) in [6.45, 7) is 6.61. The Morgan fingerprint density at radius 2 is 1.71 bits per heavy atom. The summed E-state index contributed by atoms with van der Waals surface area (Å²) in [5.41, 5.74) is 7.72. The highest BCUT2D eigenvalue weighted by atomic mass is 35.5. The van der Waals surface area contributed by atoms with Crippen molar-refractivity contribution in [1.29, 1.82) is 0 Å². The molecule has 1 heterocycles. The average Bonchev–Trinajstić information content (AvgIpc) is 2.72. The van der Waals surface area contributed by atoms with E-state index < -0.39 is 0 Å². The highest BCUT2D eigenvalue weighted by molar-refractivity contribution is 6.01. The van der Waals surface area contributed by atoms with E-state index in [4.69, 9.17) is 5.10 Å². The zero-order chi connectivity index (χ0) is 19.1. The SMILES string of the molecule is CCC/C(=N\NC1=[NH+]C(C(C)C)C=C(c2ccccc2)N1)c1ccccc1.[Cl-]. The summed E-state index contributed by atoms with van der Waals surface area (Å²) in [6, 6.07) is 21.0. The fourth-order valence-corrected chi connectivity index (χ4v) is 3.06. The number of nitrogens with one attached hydrogen (secondary N) is 3. The minimum absolute atomic E-state index is 0. The smallest absolute Gasteiger partial charge is 0.372 e. The number of benzene rings is 2. The molecule has 0 amide bonds. The van der Waals surface area contributed by atoms with Gasteiger partial charge in [-0.1, -0.05) is 87.9 Å². The maximum absolute atomic E-state index is 4.71. The van der Waals surface area contributed by atoms with E-state index in [-0.39, 0.29) is 18.4 Å². The van der Waals surface area contributed by atoms with Crippen LogP contribution in [-0.4, -0.2) is 17.7 Å². The van der Waals surface area contributed by atoms with Crippen LogP contribution in [0.25, 0.3) is 5.70 Å². The first kappa shape index (κ1) is 21.7. The average molecular weight is 397 g/mol. The molecular weight excluding hydrogens is 368 g/mol. The summed E-state index contributed by atoms with van der Waals surface area (Å²) < 4.78 is 0. The van der Waals surface area contributed by atoms with Crippen LogP contribution in [0.3, 0.4) is 0 Å². The fraction of sp³-hybridized carbons (Fsp3) is 0.304. The highest BCUT2D eigenvalue weighted by Gasteiger charge is 2.23. The zero-order valence-electron chi connectivity index (χ0n) is 16.7. The number of halogens is 1. The first-order valence-corrected chi connectivity index (χ1v) is 9.73. The number of hydrogen-bond acceptors (Lipinski definition) is 3. The Kier molecular flexibility index (Phi) is 8.27. The predicted molar refractivity (Wildman–Crippen MR) is 113 cm³/mol. The Morgan fingerprint density at radius 1 is 1.07 bits per heavy atom. The van der Waals surface area contributed by atoms with Gasteiger partial charge >= 0.3 is 5.96 Å². The molecule has 1 aliphatic rings. The molecule has 1 aliphatic heterocycles. The maximum Gasteiger partial charge on any atom is 0.372 e. The molecule has 2 aromatic rings. The van der Waals surface area contributed by atoms with Gasteiger partial charge in [0.15, 0.2) is 0 Å². The summed E-state index contributed by atoms with van der Waals surface area (Å²) >= 11 is 0. The molecule has 5 heteroatoms. The van der Waals surface area contributed by atoms with Crippen LogP contribution < -0.4 is 28.1 Å². The molecule has 3 rings (SSSR count). The predicted octanol–water partition coefficient (Wildman–Crippen LogP) is -0.110. The van der Waals surface area contributed by atoms with Crippen molar-refractivity contribution in [3.8, 4) is 0 Å². The topological polar surface area (TPSA) is 50.4 Å². The largest absolute Gasteiger partial charge is 1.00 e. The van der Waals surface area contributed by atoms with Gasteiger partial charge in [-0.15, -0.1) is 5.10 Å². The number of rotatable bonds is 6. The Balaban J connectivity index is 0.00000280. The first-order chi connectivity index (χ1) is 13.2. The maximum atomic E-state index is 4.71. The van der Waals surface area contributed by atoms with E-state index in [9.17, 15) is 0 Å². The van der Waals surface area contributed by atoms with Crippen molar-refractivity contribution >= 4 is 17.4 Å².